The number of piperidine rings is 1. The van der Waals surface area contributed by atoms with Crippen molar-refractivity contribution >= 4 is 5.69 Å². The van der Waals surface area contributed by atoms with Gasteiger partial charge in [0.05, 0.1) is 18.4 Å². The normalized spacial score (nSPS) is 20.0. The highest BCUT2D eigenvalue weighted by atomic mass is 19.1. The molecule has 0 spiro atoms. The zero-order chi connectivity index (χ0) is 18.6. The van der Waals surface area contributed by atoms with Gasteiger partial charge in [0.1, 0.15) is 11.6 Å². The molecule has 0 unspecified atom stereocenters. The monoisotopic (exact) mass is 372 g/mol. The zero-order valence-electron chi connectivity index (χ0n) is 16.1. The number of hydrogen-bond donors (Lipinski definition) is 0. The number of nitrogens with zero attached hydrogens (tertiary/aromatic N) is 6. The van der Waals surface area contributed by atoms with Crippen molar-refractivity contribution in [3.05, 3.63) is 35.9 Å². The molecule has 0 aromatic carbocycles. The van der Waals surface area contributed by atoms with Gasteiger partial charge in [-0.1, -0.05) is 12.8 Å². The van der Waals surface area contributed by atoms with E-state index in [0.717, 1.165) is 57.2 Å². The maximum absolute atomic E-state index is 14.0. The smallest absolute Gasteiger partial charge is 0.164 e. The second-order valence-electron chi connectivity index (χ2n) is 7.81. The summed E-state index contributed by atoms with van der Waals surface area (Å²) >= 11 is 0. The first-order valence-electron chi connectivity index (χ1n) is 10.2. The third-order valence-electron chi connectivity index (χ3n) is 6.01. The lowest BCUT2D eigenvalue weighted by Crippen LogP contribution is -2.34. The molecular formula is C20H29FN6. The van der Waals surface area contributed by atoms with Crippen molar-refractivity contribution in [3.63, 3.8) is 0 Å². The van der Waals surface area contributed by atoms with Crippen molar-refractivity contribution in [2.45, 2.75) is 51.0 Å². The van der Waals surface area contributed by atoms with E-state index >= 15 is 0 Å². The lowest BCUT2D eigenvalue weighted by molar-refractivity contribution is 0.266. The van der Waals surface area contributed by atoms with Crippen LogP contribution in [-0.4, -0.2) is 50.8 Å². The molecule has 146 valence electrons. The van der Waals surface area contributed by atoms with Crippen molar-refractivity contribution in [2.24, 2.45) is 7.05 Å². The molecule has 27 heavy (non-hydrogen) atoms. The molecule has 2 aromatic rings. The van der Waals surface area contributed by atoms with Crippen molar-refractivity contribution in [1.82, 2.24) is 24.6 Å². The van der Waals surface area contributed by atoms with Crippen LogP contribution in [0, 0.1) is 5.82 Å². The summed E-state index contributed by atoms with van der Waals surface area (Å²) in [6.07, 6.45) is 10.1. The summed E-state index contributed by atoms with van der Waals surface area (Å²) < 4.78 is 16.2. The number of rotatable bonds is 4. The minimum atomic E-state index is -0.241. The van der Waals surface area contributed by atoms with Gasteiger partial charge >= 0.3 is 0 Å². The molecule has 2 aromatic heterocycles. The standard InChI is InChI=1S/C20H29FN6/c1-25-19(15-26-10-4-2-3-5-11-26)23-24-20(25)16-7-12-27(13-8-16)18-6-9-22-14-17(18)21/h6,9,14,16H,2-5,7-8,10-13,15H2,1H3. The van der Waals surface area contributed by atoms with Crippen molar-refractivity contribution < 1.29 is 4.39 Å². The molecule has 0 N–H and O–H groups in total. The molecule has 2 aliphatic rings. The van der Waals surface area contributed by atoms with Crippen molar-refractivity contribution in [3.8, 4) is 0 Å². The summed E-state index contributed by atoms with van der Waals surface area (Å²) in [4.78, 5) is 8.47. The van der Waals surface area contributed by atoms with E-state index in [1.807, 2.05) is 0 Å². The summed E-state index contributed by atoms with van der Waals surface area (Å²) in [7, 11) is 2.09. The lowest BCUT2D eigenvalue weighted by Gasteiger charge is -2.33. The Hall–Kier alpha value is -2.02. The molecule has 2 fully saturated rings. The van der Waals surface area contributed by atoms with Crippen LogP contribution in [0.1, 0.15) is 56.1 Å². The Labute approximate surface area is 160 Å². The van der Waals surface area contributed by atoms with Gasteiger partial charge in [0, 0.05) is 32.3 Å². The van der Waals surface area contributed by atoms with Crippen LogP contribution in [0.25, 0.3) is 0 Å². The molecule has 7 heteroatoms. The summed E-state index contributed by atoms with van der Waals surface area (Å²) in [6, 6.07) is 1.76. The summed E-state index contributed by atoms with van der Waals surface area (Å²) in [6.45, 7) is 4.89. The predicted molar refractivity (Wildman–Crippen MR) is 103 cm³/mol. The van der Waals surface area contributed by atoms with E-state index in [-0.39, 0.29) is 5.82 Å². The molecule has 6 nitrogen and oxygen atoms in total. The fraction of sp³-hybridized carbons (Fsp3) is 0.650. The summed E-state index contributed by atoms with van der Waals surface area (Å²) in [5, 5.41) is 9.02. The molecule has 0 bridgehead atoms. The number of halogens is 1. The molecule has 4 rings (SSSR count). The molecule has 4 heterocycles. The van der Waals surface area contributed by atoms with Gasteiger partial charge in [-0.2, -0.15) is 0 Å². The minimum absolute atomic E-state index is 0.241. The highest BCUT2D eigenvalue weighted by Gasteiger charge is 2.26. The third-order valence-corrected chi connectivity index (χ3v) is 6.01. The van der Waals surface area contributed by atoms with Gasteiger partial charge in [0.15, 0.2) is 5.82 Å². The predicted octanol–water partition coefficient (Wildman–Crippen LogP) is 3.11. The van der Waals surface area contributed by atoms with Crippen LogP contribution in [0.5, 0.6) is 0 Å². The van der Waals surface area contributed by atoms with E-state index < -0.39 is 0 Å². The van der Waals surface area contributed by atoms with Crippen LogP contribution >= 0.6 is 0 Å². The Morgan fingerprint density at radius 3 is 2.48 bits per heavy atom. The van der Waals surface area contributed by atoms with E-state index in [9.17, 15) is 4.39 Å². The van der Waals surface area contributed by atoms with E-state index in [2.05, 4.69) is 36.6 Å². The molecule has 0 aliphatic carbocycles. The summed E-state index contributed by atoms with van der Waals surface area (Å²) in [5.41, 5.74) is 0.656. The maximum atomic E-state index is 14.0. The fourth-order valence-corrected chi connectivity index (χ4v) is 4.37. The first-order valence-corrected chi connectivity index (χ1v) is 10.2. The van der Waals surface area contributed by atoms with Crippen LogP contribution in [0.15, 0.2) is 18.5 Å². The SMILES string of the molecule is Cn1c(CN2CCCCCC2)nnc1C1CCN(c2ccncc2F)CC1. The van der Waals surface area contributed by atoms with E-state index in [1.165, 1.54) is 31.9 Å². The van der Waals surface area contributed by atoms with Gasteiger partial charge in [-0.25, -0.2) is 4.39 Å². The molecular weight excluding hydrogens is 343 g/mol. The molecule has 0 radical (unpaired) electrons. The quantitative estimate of drug-likeness (QED) is 0.825. The van der Waals surface area contributed by atoms with Crippen LogP contribution in [0.3, 0.4) is 0 Å². The number of pyridine rings is 1. The van der Waals surface area contributed by atoms with Crippen molar-refractivity contribution in [1.29, 1.82) is 0 Å². The number of likely N-dealkylation sites (tertiary alicyclic amines) is 1. The summed E-state index contributed by atoms with van der Waals surface area (Å²) in [5.74, 6) is 2.29. The van der Waals surface area contributed by atoms with E-state index in [1.54, 1.807) is 12.3 Å². The van der Waals surface area contributed by atoms with Gasteiger partial charge in [-0.3, -0.25) is 9.88 Å². The molecule has 0 atom stereocenters. The van der Waals surface area contributed by atoms with Gasteiger partial charge in [0.2, 0.25) is 0 Å². The Morgan fingerprint density at radius 2 is 1.78 bits per heavy atom. The molecule has 0 saturated carbocycles. The zero-order valence-corrected chi connectivity index (χ0v) is 16.1. The van der Waals surface area contributed by atoms with E-state index in [4.69, 9.17) is 0 Å². The minimum Gasteiger partial charge on any atom is -0.369 e. The number of hydrogen-bond acceptors (Lipinski definition) is 5. The topological polar surface area (TPSA) is 50.1 Å². The second-order valence-corrected chi connectivity index (χ2v) is 7.81. The van der Waals surface area contributed by atoms with Gasteiger partial charge in [0.25, 0.3) is 0 Å². The number of aromatic nitrogens is 4. The maximum Gasteiger partial charge on any atom is 0.164 e. The van der Waals surface area contributed by atoms with E-state index in [0.29, 0.717) is 11.6 Å². The Kier molecular flexibility index (Phi) is 5.66. The Morgan fingerprint density at radius 1 is 1.04 bits per heavy atom. The van der Waals surface area contributed by atoms with Crippen LogP contribution in [0.4, 0.5) is 10.1 Å². The third kappa shape index (κ3) is 4.13. The van der Waals surface area contributed by atoms with Gasteiger partial charge in [-0.15, -0.1) is 10.2 Å². The average Bonchev–Trinajstić information content (AvgIpc) is 2.88. The van der Waals surface area contributed by atoms with Crippen LogP contribution in [0.2, 0.25) is 0 Å². The fourth-order valence-electron chi connectivity index (χ4n) is 4.37. The highest BCUT2D eigenvalue weighted by Crippen LogP contribution is 2.30. The van der Waals surface area contributed by atoms with Crippen LogP contribution in [-0.2, 0) is 13.6 Å². The largest absolute Gasteiger partial charge is 0.369 e. The number of anilines is 1. The first kappa shape index (κ1) is 18.3. The van der Waals surface area contributed by atoms with Crippen molar-refractivity contribution in [2.75, 3.05) is 31.1 Å². The lowest BCUT2D eigenvalue weighted by atomic mass is 9.95. The molecule has 0 amide bonds. The Bertz CT molecular complexity index is 745. The molecule has 2 aliphatic heterocycles. The average molecular weight is 372 g/mol. The Balaban J connectivity index is 1.39. The van der Waals surface area contributed by atoms with Gasteiger partial charge < -0.3 is 9.47 Å². The first-order chi connectivity index (χ1) is 13.2. The van der Waals surface area contributed by atoms with Crippen LogP contribution < -0.4 is 4.90 Å². The second kappa shape index (κ2) is 8.33. The van der Waals surface area contributed by atoms with Gasteiger partial charge in [-0.05, 0) is 44.8 Å². The highest BCUT2D eigenvalue weighted by molar-refractivity contribution is 5.46. The molecule has 2 saturated heterocycles.